The van der Waals surface area contributed by atoms with E-state index in [-0.39, 0.29) is 11.7 Å². The van der Waals surface area contributed by atoms with Crippen LogP contribution in [0.1, 0.15) is 23.2 Å². The van der Waals surface area contributed by atoms with Gasteiger partial charge in [0.05, 0.1) is 0 Å². The number of hydrogen-bond acceptors (Lipinski definition) is 3. The lowest BCUT2D eigenvalue weighted by Crippen LogP contribution is -2.26. The molecule has 2 N–H and O–H groups in total. The Balaban J connectivity index is 1.55. The number of benzene rings is 2. The van der Waals surface area contributed by atoms with E-state index in [1.54, 1.807) is 12.1 Å². The number of hydrogen-bond donors (Lipinski definition) is 2. The Morgan fingerprint density at radius 3 is 2.35 bits per heavy atom. The van der Waals surface area contributed by atoms with Crippen molar-refractivity contribution in [1.29, 1.82) is 0 Å². The molecule has 0 unspecified atom stereocenters. The molecule has 0 spiro atoms. The first-order chi connectivity index (χ1) is 11.2. The summed E-state index contributed by atoms with van der Waals surface area (Å²) in [6.45, 7) is 2.35. The topological polar surface area (TPSA) is 58.6 Å². The van der Waals surface area contributed by atoms with E-state index in [1.807, 2.05) is 36.4 Å². The second-order valence-electron chi connectivity index (χ2n) is 5.90. The summed E-state index contributed by atoms with van der Waals surface area (Å²) in [6, 6.07) is 14.5. The smallest absolute Gasteiger partial charge is 0.251 e. The minimum absolute atomic E-state index is 0.0406. The third-order valence-electron chi connectivity index (χ3n) is 4.21. The molecule has 1 amide bonds. The van der Waals surface area contributed by atoms with Crippen LogP contribution in [0.3, 0.4) is 0 Å². The molecule has 120 valence electrons. The molecule has 1 fully saturated rings. The summed E-state index contributed by atoms with van der Waals surface area (Å²) < 4.78 is 5.33. The van der Waals surface area contributed by atoms with Gasteiger partial charge in [0.1, 0.15) is 5.75 Å². The highest BCUT2D eigenvalue weighted by molar-refractivity contribution is 5.94. The summed E-state index contributed by atoms with van der Waals surface area (Å²) in [6.07, 6.45) is 2.06. The van der Waals surface area contributed by atoms with Gasteiger partial charge in [-0.05, 0) is 54.2 Å². The van der Waals surface area contributed by atoms with Crippen LogP contribution in [0.5, 0.6) is 5.75 Å². The fourth-order valence-corrected chi connectivity index (χ4v) is 2.77. The molecule has 0 radical (unpaired) electrons. The summed E-state index contributed by atoms with van der Waals surface area (Å²) in [5, 5.41) is 12.3. The van der Waals surface area contributed by atoms with Crippen LogP contribution in [0.2, 0.25) is 0 Å². The van der Waals surface area contributed by atoms with Crippen molar-refractivity contribution in [3.8, 4) is 16.9 Å². The fraction of sp³-hybridized carbons (Fsp3) is 0.316. The summed E-state index contributed by atoms with van der Waals surface area (Å²) in [5.74, 6) is 0.783. The van der Waals surface area contributed by atoms with Crippen molar-refractivity contribution in [2.75, 3.05) is 19.8 Å². The molecule has 0 aromatic heterocycles. The number of ether oxygens (including phenoxy) is 1. The lowest BCUT2D eigenvalue weighted by atomic mass is 10.0. The second-order valence-corrected chi connectivity index (χ2v) is 5.90. The highest BCUT2D eigenvalue weighted by atomic mass is 16.5. The maximum absolute atomic E-state index is 12.1. The van der Waals surface area contributed by atoms with E-state index in [9.17, 15) is 9.90 Å². The number of phenols is 1. The molecule has 2 aromatic carbocycles. The first kappa shape index (κ1) is 15.6. The molecule has 1 aliphatic rings. The van der Waals surface area contributed by atoms with Crippen LogP contribution in [-0.4, -0.2) is 30.8 Å². The average molecular weight is 311 g/mol. The van der Waals surface area contributed by atoms with Gasteiger partial charge in [-0.2, -0.15) is 0 Å². The molecule has 1 saturated heterocycles. The van der Waals surface area contributed by atoms with Gasteiger partial charge in [-0.25, -0.2) is 0 Å². The van der Waals surface area contributed by atoms with Crippen LogP contribution in [0, 0.1) is 5.92 Å². The third kappa shape index (κ3) is 4.11. The molecule has 3 rings (SSSR count). The zero-order chi connectivity index (χ0) is 16.1. The maximum Gasteiger partial charge on any atom is 0.251 e. The van der Waals surface area contributed by atoms with Gasteiger partial charge in [0, 0.05) is 25.3 Å². The zero-order valence-electron chi connectivity index (χ0n) is 13.0. The van der Waals surface area contributed by atoms with Crippen LogP contribution >= 0.6 is 0 Å². The van der Waals surface area contributed by atoms with Crippen molar-refractivity contribution in [1.82, 2.24) is 5.32 Å². The Labute approximate surface area is 136 Å². The monoisotopic (exact) mass is 311 g/mol. The molecular weight excluding hydrogens is 290 g/mol. The molecule has 4 heteroatoms. The third-order valence-corrected chi connectivity index (χ3v) is 4.21. The Morgan fingerprint density at radius 1 is 1.09 bits per heavy atom. The van der Waals surface area contributed by atoms with Crippen molar-refractivity contribution in [2.45, 2.75) is 12.8 Å². The number of phenolic OH excluding ortho intramolecular Hbond substituents is 1. The van der Waals surface area contributed by atoms with Crippen LogP contribution < -0.4 is 5.32 Å². The minimum atomic E-state index is -0.0406. The molecule has 1 atom stereocenters. The van der Waals surface area contributed by atoms with Crippen molar-refractivity contribution < 1.29 is 14.6 Å². The molecule has 23 heavy (non-hydrogen) atoms. The zero-order valence-corrected chi connectivity index (χ0v) is 13.0. The lowest BCUT2D eigenvalue weighted by Gasteiger charge is -2.09. The van der Waals surface area contributed by atoms with Crippen LogP contribution in [0.25, 0.3) is 11.1 Å². The first-order valence-electron chi connectivity index (χ1n) is 7.98. The molecular formula is C19H21NO3. The highest BCUT2D eigenvalue weighted by Gasteiger charge is 2.15. The van der Waals surface area contributed by atoms with Crippen molar-refractivity contribution in [3.05, 3.63) is 54.1 Å². The number of carbonyl (C=O) groups is 1. The van der Waals surface area contributed by atoms with Gasteiger partial charge in [0.15, 0.2) is 0 Å². The summed E-state index contributed by atoms with van der Waals surface area (Å²) in [4.78, 5) is 12.1. The number of aromatic hydroxyl groups is 1. The lowest BCUT2D eigenvalue weighted by molar-refractivity contribution is 0.0950. The van der Waals surface area contributed by atoms with Gasteiger partial charge < -0.3 is 15.2 Å². The largest absolute Gasteiger partial charge is 0.508 e. The fourth-order valence-electron chi connectivity index (χ4n) is 2.77. The van der Waals surface area contributed by atoms with E-state index >= 15 is 0 Å². The molecule has 0 bridgehead atoms. The summed E-state index contributed by atoms with van der Waals surface area (Å²) in [7, 11) is 0. The van der Waals surface area contributed by atoms with E-state index in [1.165, 1.54) is 0 Å². The van der Waals surface area contributed by atoms with Crippen LogP contribution in [-0.2, 0) is 4.74 Å². The molecule has 4 nitrogen and oxygen atoms in total. The molecule has 0 aliphatic carbocycles. The van der Waals surface area contributed by atoms with E-state index in [2.05, 4.69) is 5.32 Å². The molecule has 2 aromatic rings. The Bertz CT molecular complexity index is 643. The SMILES string of the molecule is O=C(NCC[C@H]1CCOC1)c1ccc(-c2ccc(O)cc2)cc1. The maximum atomic E-state index is 12.1. The molecule has 1 heterocycles. The Hall–Kier alpha value is -2.33. The van der Waals surface area contributed by atoms with Crippen LogP contribution in [0.15, 0.2) is 48.5 Å². The van der Waals surface area contributed by atoms with Gasteiger partial charge in [-0.15, -0.1) is 0 Å². The van der Waals surface area contributed by atoms with Gasteiger partial charge in [-0.3, -0.25) is 4.79 Å². The molecule has 1 aliphatic heterocycles. The minimum Gasteiger partial charge on any atom is -0.508 e. The van der Waals surface area contributed by atoms with Gasteiger partial charge >= 0.3 is 0 Å². The summed E-state index contributed by atoms with van der Waals surface area (Å²) in [5.41, 5.74) is 2.69. The van der Waals surface area contributed by atoms with E-state index < -0.39 is 0 Å². The summed E-state index contributed by atoms with van der Waals surface area (Å²) >= 11 is 0. The van der Waals surface area contributed by atoms with Gasteiger partial charge in [0.25, 0.3) is 5.91 Å². The van der Waals surface area contributed by atoms with Gasteiger partial charge in [-0.1, -0.05) is 24.3 Å². The molecule has 0 saturated carbocycles. The van der Waals surface area contributed by atoms with Crippen molar-refractivity contribution in [3.63, 3.8) is 0 Å². The van der Waals surface area contributed by atoms with E-state index in [0.717, 1.165) is 37.2 Å². The standard InChI is InChI=1S/C19H21NO3/c21-18-7-5-16(6-8-18)15-1-3-17(4-2-15)19(22)20-11-9-14-10-12-23-13-14/h1-8,14,21H,9-13H2,(H,20,22)/t14-/m0/s1. The predicted octanol–water partition coefficient (Wildman–Crippen LogP) is 3.22. The first-order valence-corrected chi connectivity index (χ1v) is 7.98. The van der Waals surface area contributed by atoms with Crippen molar-refractivity contribution in [2.24, 2.45) is 5.92 Å². The number of amides is 1. The Kier molecular flexibility index (Phi) is 4.93. The Morgan fingerprint density at radius 2 is 1.74 bits per heavy atom. The average Bonchev–Trinajstić information content (AvgIpc) is 3.09. The van der Waals surface area contributed by atoms with Crippen molar-refractivity contribution >= 4 is 5.91 Å². The highest BCUT2D eigenvalue weighted by Crippen LogP contribution is 2.22. The number of rotatable bonds is 5. The number of nitrogens with one attached hydrogen (secondary N) is 1. The van der Waals surface area contributed by atoms with E-state index in [0.29, 0.717) is 18.0 Å². The van der Waals surface area contributed by atoms with Crippen LogP contribution in [0.4, 0.5) is 0 Å². The normalized spacial score (nSPS) is 17.1. The quantitative estimate of drug-likeness (QED) is 0.891. The predicted molar refractivity (Wildman–Crippen MR) is 89.4 cm³/mol. The van der Waals surface area contributed by atoms with Gasteiger partial charge in [0.2, 0.25) is 0 Å². The van der Waals surface area contributed by atoms with E-state index in [4.69, 9.17) is 4.74 Å². The number of carbonyl (C=O) groups excluding carboxylic acids is 1. The second kappa shape index (κ2) is 7.29.